The number of phosphoric ester groups is 1. The molecule has 2 N–H and O–H groups in total. The van der Waals surface area contributed by atoms with Gasteiger partial charge in [-0.2, -0.15) is 0 Å². The van der Waals surface area contributed by atoms with E-state index in [4.69, 9.17) is 35.7 Å². The third kappa shape index (κ3) is 61.1. The maximum absolute atomic E-state index is 11.4. The molecule has 3 fully saturated rings. The number of aliphatic hydroxyl groups is 2. The molecule has 3 aromatic rings. The molecule has 3 heterocycles. The zero-order valence-corrected chi connectivity index (χ0v) is 54.6. The van der Waals surface area contributed by atoms with Crippen LogP contribution < -0.4 is 4.89 Å². The highest BCUT2D eigenvalue weighted by Gasteiger charge is 2.32. The van der Waals surface area contributed by atoms with Gasteiger partial charge in [0.15, 0.2) is 30.5 Å². The van der Waals surface area contributed by atoms with Crippen molar-refractivity contribution in [1.29, 1.82) is 0 Å². The normalized spacial score (nSPS) is 15.8. The Morgan fingerprint density at radius 1 is 0.633 bits per heavy atom. The zero-order valence-electron chi connectivity index (χ0n) is 51.3. The van der Waals surface area contributed by atoms with Crippen LogP contribution in [0, 0.1) is 0 Å². The number of hydrogen-bond acceptors (Lipinski definition) is 26. The molecule has 0 aliphatic carbocycles. The van der Waals surface area contributed by atoms with Crippen molar-refractivity contribution in [2.24, 2.45) is 0 Å². The van der Waals surface area contributed by atoms with Crippen LogP contribution in [0.25, 0.3) is 0 Å². The summed E-state index contributed by atoms with van der Waals surface area (Å²) >= 11 is 9.71. The number of quaternary nitrogens is 1. The molecule has 0 aromatic heterocycles. The first-order valence-corrected chi connectivity index (χ1v) is 30.8. The molecular weight excluding hydrogens is 1270 g/mol. The fourth-order valence-corrected chi connectivity index (χ4v) is 6.67. The van der Waals surface area contributed by atoms with Crippen LogP contribution in [0.5, 0.6) is 0 Å². The molecule has 0 bridgehead atoms. The number of benzene rings is 3. The van der Waals surface area contributed by atoms with Crippen molar-refractivity contribution in [3.8, 4) is 0 Å². The predicted octanol–water partition coefficient (Wildman–Crippen LogP) is 8.25. The van der Waals surface area contributed by atoms with E-state index in [0.717, 1.165) is 31.3 Å². The van der Waals surface area contributed by atoms with Gasteiger partial charge in [-0.15, -0.1) is 0 Å². The van der Waals surface area contributed by atoms with Crippen molar-refractivity contribution < 1.29 is 128 Å². The second kappa shape index (κ2) is 56.0. The number of ether oxygens (including phenoxy) is 9. The number of likely N-dealkylation sites (N-methyl/N-ethyl adjacent to an activating group) is 1. The molecule has 6 rings (SSSR count). The molecule has 31 heteroatoms. The summed E-state index contributed by atoms with van der Waals surface area (Å²) in [5.41, 5.74) is 3.15. The lowest BCUT2D eigenvalue weighted by molar-refractivity contribution is -0.870. The molecule has 0 saturated carbocycles. The zero-order chi connectivity index (χ0) is 67.0. The first-order chi connectivity index (χ1) is 40.7. The Bertz CT molecular complexity index is 2420. The molecule has 6 unspecified atom stereocenters. The Morgan fingerprint density at radius 3 is 1.28 bits per heavy atom. The van der Waals surface area contributed by atoms with Gasteiger partial charge in [0.05, 0.1) is 80.6 Å². The molecule has 27 nitrogen and oxygen atoms in total. The van der Waals surface area contributed by atoms with Gasteiger partial charge in [0.1, 0.15) is 19.8 Å². The van der Waals surface area contributed by atoms with E-state index in [0.29, 0.717) is 30.8 Å². The summed E-state index contributed by atoms with van der Waals surface area (Å²) in [5.74, 6) is -4.37. The van der Waals surface area contributed by atoms with E-state index in [-0.39, 0.29) is 67.2 Å². The average molecular weight is 1370 g/mol. The Morgan fingerprint density at radius 2 is 0.978 bits per heavy atom. The van der Waals surface area contributed by atoms with Crippen LogP contribution in [0.1, 0.15) is 101 Å². The van der Waals surface area contributed by atoms with Gasteiger partial charge in [0.2, 0.25) is 5.24 Å². The molecule has 3 saturated heterocycles. The second-order valence-electron chi connectivity index (χ2n) is 18.2. The minimum atomic E-state index is -4.42. The lowest BCUT2D eigenvalue weighted by Crippen LogP contribution is -2.40. The summed E-state index contributed by atoms with van der Waals surface area (Å²) in [6.07, 6.45) is -4.59. The lowest BCUT2D eigenvalue weighted by atomic mass is 10.2. The number of nitrogens with zero attached hydrogens (tertiary/aromatic N) is 1. The Labute approximate surface area is 540 Å². The van der Waals surface area contributed by atoms with E-state index >= 15 is 0 Å². The molecular formula is C59H97Cl2NO26P2. The summed E-state index contributed by atoms with van der Waals surface area (Å²) in [6, 6.07) is 29.2. The summed E-state index contributed by atoms with van der Waals surface area (Å²) < 4.78 is 82.3. The van der Waals surface area contributed by atoms with Gasteiger partial charge in [0.25, 0.3) is 7.82 Å². The second-order valence-corrected chi connectivity index (χ2v) is 22.7. The van der Waals surface area contributed by atoms with Gasteiger partial charge in [-0.1, -0.05) is 113 Å². The molecule has 0 radical (unpaired) electrons. The Hall–Kier alpha value is -5.74. The van der Waals surface area contributed by atoms with Crippen LogP contribution in [0.3, 0.4) is 0 Å². The first-order valence-electron chi connectivity index (χ1n) is 26.5. The van der Waals surface area contributed by atoms with Crippen LogP contribution in [-0.2, 0) is 128 Å². The standard InChI is InChI=1S/C12H24NO8P.C10H16O6.C8H10O.2C7H8O.C6H8O4.C2H4ClO3P.C2H3ClO.C2H4O.3CH4/c1-10(21-11(2)14)12(15)18-8-9-20-22(16,17)19-7-6-13(3,4)5;1-5-14-9(12)6(2)16-10(13)7(3)15-8(4)11;1-9-7-8-5-3-2-4-6-8;2*8-6-7-4-2-1-3-5-7;1-3-5(7)10-4(2)6(8)9-3;3-7(4)5-1-2-6-7;1-2(3)4;1-2-3-1;;;/h10H,6-9H2,1-5H3;6-7H,5H2,1-4H3;2-6H,7H2,1H3;2*1-5,8H,6H2;3-4H,1-2H3;1-2H2;1H3;1-2H2;3*1H4. The number of phosphoric acid groups is 1. The molecule has 3 aromatic carbocycles. The van der Waals surface area contributed by atoms with Crippen LogP contribution >= 0.6 is 37.6 Å². The van der Waals surface area contributed by atoms with Gasteiger partial charge in [-0.05, 0) is 69.8 Å². The number of halogens is 2. The van der Waals surface area contributed by atoms with Crippen LogP contribution in [0.15, 0.2) is 91.0 Å². The average Bonchev–Trinajstić information content (AvgIpc) is 4.21. The molecule has 3 aliphatic rings. The van der Waals surface area contributed by atoms with E-state index in [9.17, 15) is 52.4 Å². The van der Waals surface area contributed by atoms with Gasteiger partial charge < -0.3 is 71.3 Å². The third-order valence-corrected chi connectivity index (χ3v) is 11.6. The number of epoxide rings is 1. The van der Waals surface area contributed by atoms with E-state index < -0.39 is 87.1 Å². The van der Waals surface area contributed by atoms with E-state index in [1.165, 1.54) is 54.0 Å². The highest BCUT2D eigenvalue weighted by molar-refractivity contribution is 7.81. The number of aliphatic hydroxyl groups excluding tert-OH is 2. The van der Waals surface area contributed by atoms with Crippen molar-refractivity contribution >= 4 is 84.6 Å². The maximum atomic E-state index is 11.4. The van der Waals surface area contributed by atoms with Crippen molar-refractivity contribution in [2.45, 2.75) is 135 Å². The summed E-state index contributed by atoms with van der Waals surface area (Å²) in [7, 11) is 2.96. The predicted molar refractivity (Wildman–Crippen MR) is 334 cm³/mol. The number of hydrogen-bond donors (Lipinski definition) is 2. The van der Waals surface area contributed by atoms with Crippen LogP contribution in [-0.4, -0.2) is 180 Å². The topological polar surface area (TPSA) is 358 Å². The molecule has 0 spiro atoms. The first kappa shape index (κ1) is 95.4. The SMILES string of the molecule is C.C.C.C1CO1.CC(=O)Cl.CC(=O)OC(C)C(=O)OCCOP(=O)([O-])OCC[N+](C)(C)C.CC1OC(=O)C(C)OC1=O.CCOC(=O)C(C)OC(=O)C(C)OC(C)=O.COCc1ccccc1.O=P1(Cl)OCCO1.OCc1ccccc1.OCc1ccccc1. The van der Waals surface area contributed by atoms with E-state index in [1.54, 1.807) is 14.0 Å². The summed E-state index contributed by atoms with van der Waals surface area (Å²) in [4.78, 5) is 96.9. The number of carbonyl (C=O) groups excluding carboxylic acids is 8. The Balaban J connectivity index is -0.000000230. The van der Waals surface area contributed by atoms with Crippen molar-refractivity contribution in [2.75, 3.05) is 87.7 Å². The minimum absolute atomic E-state index is 0. The maximum Gasteiger partial charge on any atom is 0.424 e. The smallest absolute Gasteiger partial charge is 0.424 e. The molecule has 518 valence electrons. The molecule has 3 aliphatic heterocycles. The third-order valence-electron chi connectivity index (χ3n) is 9.08. The Kier molecular flexibility index (Phi) is 59.4. The van der Waals surface area contributed by atoms with Gasteiger partial charge in [0, 0.05) is 39.1 Å². The monoisotopic (exact) mass is 1370 g/mol. The fourth-order valence-electron chi connectivity index (χ4n) is 4.92. The highest BCUT2D eigenvalue weighted by atomic mass is 35.7. The minimum Gasteiger partial charge on any atom is -0.756 e. The van der Waals surface area contributed by atoms with E-state index in [2.05, 4.69) is 58.1 Å². The fraction of sp³-hybridized carbons (Fsp3) is 0.559. The van der Waals surface area contributed by atoms with Gasteiger partial charge in [-0.25, -0.2) is 28.5 Å². The lowest BCUT2D eigenvalue weighted by Gasteiger charge is -2.27. The van der Waals surface area contributed by atoms with E-state index in [1.807, 2.05) is 112 Å². The van der Waals surface area contributed by atoms with Gasteiger partial charge >= 0.3 is 48.7 Å². The molecule has 90 heavy (non-hydrogen) atoms. The molecule has 6 atom stereocenters. The summed E-state index contributed by atoms with van der Waals surface area (Å²) in [6.45, 7) is 13.0. The largest absolute Gasteiger partial charge is 0.756 e. The number of methoxy groups -OCH3 is 1. The number of esters is 7. The molecule has 0 amide bonds. The highest BCUT2D eigenvalue weighted by Crippen LogP contribution is 2.56. The number of carbonyl (C=O) groups is 8. The quantitative estimate of drug-likeness (QED) is 0.0217. The van der Waals surface area contributed by atoms with Crippen molar-refractivity contribution in [1.82, 2.24) is 0 Å². The number of rotatable bonds is 19. The van der Waals surface area contributed by atoms with Crippen LogP contribution in [0.2, 0.25) is 0 Å². The van der Waals surface area contributed by atoms with Crippen molar-refractivity contribution in [3.05, 3.63) is 108 Å². The summed E-state index contributed by atoms with van der Waals surface area (Å²) in [5, 5.41) is 16.7. The van der Waals surface area contributed by atoms with Gasteiger partial charge in [-0.3, -0.25) is 28.0 Å². The van der Waals surface area contributed by atoms with Crippen molar-refractivity contribution in [3.63, 3.8) is 0 Å². The van der Waals surface area contributed by atoms with Crippen LogP contribution in [0.4, 0.5) is 0 Å². The number of cyclic esters (lactones) is 2.